The smallest absolute Gasteiger partial charge is 0.340 e. The molecular weight excluding hydrogens is 397 g/mol. The van der Waals surface area contributed by atoms with Crippen molar-refractivity contribution < 1.29 is 31.5 Å². The highest BCUT2D eigenvalue weighted by atomic mass is 19.4. The fourth-order valence-electron chi connectivity index (χ4n) is 2.45. The molecule has 0 spiro atoms. The zero-order valence-corrected chi connectivity index (χ0v) is 15.4. The summed E-state index contributed by atoms with van der Waals surface area (Å²) in [5.41, 5.74) is 2.72. The maximum absolute atomic E-state index is 13.8. The Morgan fingerprint density at radius 3 is 2.10 bits per heavy atom. The van der Waals surface area contributed by atoms with Gasteiger partial charge in [0.1, 0.15) is 23.2 Å². The SMILES string of the molecule is CC(C)C(NC(=O)c1c(F)cccc1F)C(=O)NNc1cccc(C(F)(F)F)c1. The van der Waals surface area contributed by atoms with E-state index in [1.807, 2.05) is 0 Å². The average molecular weight is 415 g/mol. The fraction of sp³-hybridized carbons (Fsp3) is 0.263. The zero-order chi connectivity index (χ0) is 21.8. The van der Waals surface area contributed by atoms with Gasteiger partial charge in [-0.15, -0.1) is 0 Å². The second-order valence-electron chi connectivity index (χ2n) is 6.48. The van der Waals surface area contributed by atoms with E-state index in [-0.39, 0.29) is 5.69 Å². The van der Waals surface area contributed by atoms with Crippen molar-refractivity contribution >= 4 is 17.5 Å². The van der Waals surface area contributed by atoms with E-state index in [4.69, 9.17) is 0 Å². The minimum absolute atomic E-state index is 0.0397. The van der Waals surface area contributed by atoms with E-state index in [1.165, 1.54) is 6.07 Å². The van der Waals surface area contributed by atoms with Crippen LogP contribution in [0, 0.1) is 17.6 Å². The van der Waals surface area contributed by atoms with Gasteiger partial charge in [-0.3, -0.25) is 20.4 Å². The van der Waals surface area contributed by atoms with Gasteiger partial charge in [0.25, 0.3) is 11.8 Å². The van der Waals surface area contributed by atoms with Crippen molar-refractivity contribution in [3.05, 3.63) is 65.2 Å². The molecule has 1 unspecified atom stereocenters. The zero-order valence-electron chi connectivity index (χ0n) is 15.4. The summed E-state index contributed by atoms with van der Waals surface area (Å²) in [6.07, 6.45) is -4.56. The third-order valence-electron chi connectivity index (χ3n) is 3.95. The summed E-state index contributed by atoms with van der Waals surface area (Å²) in [5, 5.41) is 2.24. The molecule has 0 aliphatic rings. The molecule has 5 nitrogen and oxygen atoms in total. The van der Waals surface area contributed by atoms with Crippen molar-refractivity contribution in [2.75, 3.05) is 5.43 Å². The lowest BCUT2D eigenvalue weighted by molar-refractivity contribution is -0.137. The Bertz CT molecular complexity index is 879. The molecule has 2 rings (SSSR count). The van der Waals surface area contributed by atoms with Gasteiger partial charge in [-0.25, -0.2) is 8.78 Å². The lowest BCUT2D eigenvalue weighted by Crippen LogP contribution is -2.51. The van der Waals surface area contributed by atoms with Crippen LogP contribution in [0.4, 0.5) is 27.6 Å². The van der Waals surface area contributed by atoms with Crippen molar-refractivity contribution in [1.82, 2.24) is 10.7 Å². The highest BCUT2D eigenvalue weighted by Gasteiger charge is 2.31. The molecule has 2 amide bonds. The van der Waals surface area contributed by atoms with Gasteiger partial charge in [0, 0.05) is 0 Å². The number of amides is 2. The minimum Gasteiger partial charge on any atom is -0.340 e. The molecular formula is C19H18F5N3O2. The van der Waals surface area contributed by atoms with E-state index < -0.39 is 52.7 Å². The largest absolute Gasteiger partial charge is 0.416 e. The maximum atomic E-state index is 13.8. The van der Waals surface area contributed by atoms with Crippen LogP contribution in [0.2, 0.25) is 0 Å². The number of hydrogen-bond donors (Lipinski definition) is 3. The van der Waals surface area contributed by atoms with Gasteiger partial charge in [-0.05, 0) is 36.2 Å². The first kappa shape index (κ1) is 22.1. The summed E-state index contributed by atoms with van der Waals surface area (Å²) < 4.78 is 65.7. The molecule has 0 bridgehead atoms. The molecule has 0 saturated carbocycles. The Morgan fingerprint density at radius 1 is 0.966 bits per heavy atom. The molecule has 0 aromatic heterocycles. The number of hydrazine groups is 1. The van der Waals surface area contributed by atoms with Crippen molar-refractivity contribution in [1.29, 1.82) is 0 Å². The van der Waals surface area contributed by atoms with Crippen molar-refractivity contribution in [3.63, 3.8) is 0 Å². The molecule has 0 aliphatic heterocycles. The second-order valence-corrected chi connectivity index (χ2v) is 6.48. The van der Waals surface area contributed by atoms with Crippen LogP contribution in [0.3, 0.4) is 0 Å². The van der Waals surface area contributed by atoms with Gasteiger partial charge in [-0.1, -0.05) is 26.0 Å². The highest BCUT2D eigenvalue weighted by molar-refractivity contribution is 5.98. The fourth-order valence-corrected chi connectivity index (χ4v) is 2.45. The van der Waals surface area contributed by atoms with Gasteiger partial charge >= 0.3 is 6.18 Å². The molecule has 29 heavy (non-hydrogen) atoms. The Hall–Kier alpha value is -3.17. The number of carbonyl (C=O) groups is 2. The number of halogens is 5. The summed E-state index contributed by atoms with van der Waals surface area (Å²) in [5.74, 6) is -4.60. The van der Waals surface area contributed by atoms with Gasteiger partial charge < -0.3 is 5.32 Å². The van der Waals surface area contributed by atoms with Crippen molar-refractivity contribution in [2.24, 2.45) is 5.92 Å². The molecule has 3 N–H and O–H groups in total. The Labute approximate surface area is 163 Å². The summed E-state index contributed by atoms with van der Waals surface area (Å²) in [6.45, 7) is 3.15. The molecule has 0 radical (unpaired) electrons. The third kappa shape index (κ3) is 5.66. The first-order valence-corrected chi connectivity index (χ1v) is 8.48. The third-order valence-corrected chi connectivity index (χ3v) is 3.95. The molecule has 2 aromatic carbocycles. The second kappa shape index (κ2) is 8.89. The lowest BCUT2D eigenvalue weighted by atomic mass is 10.0. The van der Waals surface area contributed by atoms with E-state index >= 15 is 0 Å². The van der Waals surface area contributed by atoms with Crippen LogP contribution >= 0.6 is 0 Å². The Morgan fingerprint density at radius 2 is 1.55 bits per heavy atom. The van der Waals surface area contributed by atoms with Crippen molar-refractivity contribution in [3.8, 4) is 0 Å². The molecule has 0 aliphatic carbocycles. The molecule has 156 valence electrons. The molecule has 0 saturated heterocycles. The maximum Gasteiger partial charge on any atom is 0.416 e. The topological polar surface area (TPSA) is 70.2 Å². The highest BCUT2D eigenvalue weighted by Crippen LogP contribution is 2.30. The lowest BCUT2D eigenvalue weighted by Gasteiger charge is -2.22. The molecule has 10 heteroatoms. The number of rotatable bonds is 6. The van der Waals surface area contributed by atoms with Gasteiger partial charge in [-0.2, -0.15) is 13.2 Å². The first-order valence-electron chi connectivity index (χ1n) is 8.48. The van der Waals surface area contributed by atoms with Crippen LogP contribution in [0.5, 0.6) is 0 Å². The Kier molecular flexibility index (Phi) is 6.78. The number of nitrogens with one attached hydrogen (secondary N) is 3. The summed E-state index contributed by atoms with van der Waals surface area (Å²) in [4.78, 5) is 24.6. The first-order chi connectivity index (χ1) is 13.5. The monoisotopic (exact) mass is 415 g/mol. The molecule has 0 heterocycles. The van der Waals surface area contributed by atoms with Crippen LogP contribution in [-0.4, -0.2) is 17.9 Å². The standard InChI is InChI=1S/C19H18F5N3O2/c1-10(2)16(25-17(28)15-13(20)7-4-8-14(15)21)18(29)27-26-12-6-3-5-11(9-12)19(22,23)24/h3-10,16,26H,1-2H3,(H,25,28)(H,27,29). The van der Waals surface area contributed by atoms with E-state index in [0.717, 1.165) is 36.4 Å². The Balaban J connectivity index is 2.09. The summed E-state index contributed by atoms with van der Waals surface area (Å²) in [7, 11) is 0. The number of benzene rings is 2. The minimum atomic E-state index is -4.56. The normalized spacial score (nSPS) is 12.4. The quantitative estimate of drug-likeness (QED) is 0.495. The van der Waals surface area contributed by atoms with Crippen LogP contribution < -0.4 is 16.2 Å². The van der Waals surface area contributed by atoms with Gasteiger partial charge in [0.15, 0.2) is 0 Å². The van der Waals surface area contributed by atoms with Crippen LogP contribution in [0.1, 0.15) is 29.8 Å². The van der Waals surface area contributed by atoms with Crippen molar-refractivity contribution in [2.45, 2.75) is 26.1 Å². The number of carbonyl (C=O) groups excluding carboxylic acids is 2. The van der Waals surface area contributed by atoms with Crippen LogP contribution in [-0.2, 0) is 11.0 Å². The van der Waals surface area contributed by atoms with Gasteiger partial charge in [0.2, 0.25) is 0 Å². The number of alkyl halides is 3. The molecule has 2 aromatic rings. The van der Waals surface area contributed by atoms with E-state index in [1.54, 1.807) is 13.8 Å². The van der Waals surface area contributed by atoms with E-state index in [2.05, 4.69) is 16.2 Å². The van der Waals surface area contributed by atoms with Crippen LogP contribution in [0.25, 0.3) is 0 Å². The average Bonchev–Trinajstić information content (AvgIpc) is 2.63. The summed E-state index contributed by atoms with van der Waals surface area (Å²) >= 11 is 0. The number of hydrogen-bond acceptors (Lipinski definition) is 3. The van der Waals surface area contributed by atoms with Crippen LogP contribution in [0.15, 0.2) is 42.5 Å². The predicted octanol–water partition coefficient (Wildman–Crippen LogP) is 3.88. The van der Waals surface area contributed by atoms with Gasteiger partial charge in [0.05, 0.1) is 11.3 Å². The van der Waals surface area contributed by atoms with E-state index in [0.29, 0.717) is 0 Å². The van der Waals surface area contributed by atoms with E-state index in [9.17, 15) is 31.5 Å². The number of anilines is 1. The summed E-state index contributed by atoms with van der Waals surface area (Å²) in [6, 6.07) is 5.79. The molecule has 1 atom stereocenters. The molecule has 0 fully saturated rings. The predicted molar refractivity (Wildman–Crippen MR) is 95.7 cm³/mol.